The first-order valence-corrected chi connectivity index (χ1v) is 9.30. The van der Waals surface area contributed by atoms with Gasteiger partial charge in [0.1, 0.15) is 11.6 Å². The Kier molecular flexibility index (Phi) is 5.07. The van der Waals surface area contributed by atoms with Gasteiger partial charge >= 0.3 is 6.03 Å². The third-order valence-corrected chi connectivity index (χ3v) is 5.29. The summed E-state index contributed by atoms with van der Waals surface area (Å²) in [7, 11) is 0. The van der Waals surface area contributed by atoms with Crippen LogP contribution in [0.4, 0.5) is 19.3 Å². The number of anilines is 1. The first-order valence-electron chi connectivity index (χ1n) is 8.92. The topological polar surface area (TPSA) is 54.3 Å². The third-order valence-electron chi connectivity index (χ3n) is 4.91. The zero-order valence-electron chi connectivity index (χ0n) is 15.2. The molecule has 8 heteroatoms. The van der Waals surface area contributed by atoms with E-state index in [-0.39, 0.29) is 12.2 Å². The van der Waals surface area contributed by atoms with Gasteiger partial charge in [-0.1, -0.05) is 41.9 Å². The molecule has 2 aromatic carbocycles. The number of hydrogen-bond donors (Lipinski definition) is 1. The molecule has 0 aliphatic carbocycles. The van der Waals surface area contributed by atoms with Gasteiger partial charge in [-0.15, -0.1) is 0 Å². The maximum atomic E-state index is 13.8. The fourth-order valence-electron chi connectivity index (χ4n) is 3.51. The molecular weight excluding hydrogens is 400 g/mol. The molecule has 2 heterocycles. The molecule has 0 saturated carbocycles. The lowest BCUT2D eigenvalue weighted by molar-refractivity contribution is 0.112. The quantitative estimate of drug-likeness (QED) is 0.615. The van der Waals surface area contributed by atoms with E-state index in [1.807, 2.05) is 34.9 Å². The van der Waals surface area contributed by atoms with Crippen molar-refractivity contribution < 1.29 is 18.4 Å². The highest BCUT2D eigenvalue weighted by Crippen LogP contribution is 2.37. The van der Waals surface area contributed by atoms with E-state index in [1.165, 1.54) is 4.90 Å². The van der Waals surface area contributed by atoms with Crippen LogP contribution in [0.15, 0.2) is 48.5 Å². The van der Waals surface area contributed by atoms with Gasteiger partial charge in [-0.05, 0) is 17.7 Å². The number of carbonyl (C=O) groups is 2. The molecule has 0 bridgehead atoms. The lowest BCUT2D eigenvalue weighted by Gasteiger charge is -2.30. The molecule has 29 heavy (non-hydrogen) atoms. The number of benzene rings is 2. The summed E-state index contributed by atoms with van der Waals surface area (Å²) < 4.78 is 29.1. The fourth-order valence-corrected chi connectivity index (χ4v) is 3.87. The number of urea groups is 1. The zero-order chi connectivity index (χ0) is 20.5. The van der Waals surface area contributed by atoms with Crippen molar-refractivity contribution in [3.8, 4) is 11.3 Å². The van der Waals surface area contributed by atoms with Gasteiger partial charge in [0, 0.05) is 24.8 Å². The highest BCUT2D eigenvalue weighted by Gasteiger charge is 2.29. The first kappa shape index (κ1) is 19.1. The predicted molar refractivity (Wildman–Crippen MR) is 106 cm³/mol. The maximum absolute atomic E-state index is 13.8. The highest BCUT2D eigenvalue weighted by atomic mass is 35.5. The van der Waals surface area contributed by atoms with Crippen LogP contribution in [0.25, 0.3) is 11.3 Å². The minimum Gasteiger partial charge on any atom is -0.339 e. The smallest absolute Gasteiger partial charge is 0.322 e. The molecule has 4 rings (SSSR count). The number of nitrogens with zero attached hydrogens (tertiary/aromatic N) is 2. The summed E-state index contributed by atoms with van der Waals surface area (Å²) in [5.74, 6) is -1.39. The molecule has 3 aromatic rings. The van der Waals surface area contributed by atoms with E-state index < -0.39 is 17.7 Å². The van der Waals surface area contributed by atoms with Gasteiger partial charge < -0.3 is 14.8 Å². The third kappa shape index (κ3) is 3.49. The number of halogens is 3. The summed E-state index contributed by atoms with van der Waals surface area (Å²) >= 11 is 6.49. The van der Waals surface area contributed by atoms with Crippen LogP contribution in [0, 0.1) is 11.6 Å². The van der Waals surface area contributed by atoms with Gasteiger partial charge in [-0.3, -0.25) is 4.79 Å². The molecule has 0 unspecified atom stereocenters. The molecule has 0 fully saturated rings. The summed E-state index contributed by atoms with van der Waals surface area (Å²) in [6.07, 6.45) is 0.675. The van der Waals surface area contributed by atoms with Crippen LogP contribution in [-0.4, -0.2) is 28.3 Å². The van der Waals surface area contributed by atoms with Crippen molar-refractivity contribution in [2.24, 2.45) is 0 Å². The number of amides is 2. The van der Waals surface area contributed by atoms with Gasteiger partial charge in [0.15, 0.2) is 6.29 Å². The summed E-state index contributed by atoms with van der Waals surface area (Å²) in [5.41, 5.74) is 2.27. The molecule has 0 radical (unpaired) electrons. The Bertz CT molecular complexity index is 1100. The van der Waals surface area contributed by atoms with Crippen molar-refractivity contribution in [3.63, 3.8) is 0 Å². The van der Waals surface area contributed by atoms with Crippen molar-refractivity contribution in [3.05, 3.63) is 76.4 Å². The van der Waals surface area contributed by atoms with Crippen LogP contribution in [0.2, 0.25) is 5.02 Å². The van der Waals surface area contributed by atoms with E-state index >= 15 is 0 Å². The van der Waals surface area contributed by atoms with Crippen LogP contribution in [-0.2, 0) is 13.1 Å². The Labute approximate surface area is 170 Å². The first-order chi connectivity index (χ1) is 14.0. The highest BCUT2D eigenvalue weighted by molar-refractivity contribution is 6.35. The van der Waals surface area contributed by atoms with Crippen molar-refractivity contribution in [2.75, 3.05) is 11.9 Å². The fraction of sp³-hybridized carbons (Fsp3) is 0.143. The number of aromatic nitrogens is 1. The van der Waals surface area contributed by atoms with Gasteiger partial charge in [-0.2, -0.15) is 0 Å². The molecule has 2 amide bonds. The lowest BCUT2D eigenvalue weighted by Crippen LogP contribution is -2.41. The average Bonchev–Trinajstić information content (AvgIpc) is 3.01. The van der Waals surface area contributed by atoms with E-state index in [2.05, 4.69) is 5.32 Å². The number of rotatable bonds is 3. The van der Waals surface area contributed by atoms with E-state index in [9.17, 15) is 18.4 Å². The van der Waals surface area contributed by atoms with E-state index in [0.717, 1.165) is 29.5 Å². The number of nitrogens with one attached hydrogen (secondary N) is 1. The van der Waals surface area contributed by atoms with Gasteiger partial charge in [-0.25, -0.2) is 13.6 Å². The Morgan fingerprint density at radius 2 is 1.86 bits per heavy atom. The molecule has 5 nitrogen and oxygen atoms in total. The standard InChI is InChI=1S/C21H16ClF2N3O2/c22-19-15(12-28)18-11-26(21(29)25-17-10-14(23)6-7-16(17)24)8-9-27(18)20(19)13-4-2-1-3-5-13/h1-7,10,12H,8-9,11H2,(H,25,29). The van der Waals surface area contributed by atoms with Crippen molar-refractivity contribution in [1.29, 1.82) is 0 Å². The second kappa shape index (κ2) is 7.67. The number of hydrogen-bond acceptors (Lipinski definition) is 2. The zero-order valence-corrected chi connectivity index (χ0v) is 15.9. The van der Waals surface area contributed by atoms with Crippen LogP contribution in [0.1, 0.15) is 16.1 Å². The lowest BCUT2D eigenvalue weighted by atomic mass is 10.1. The Morgan fingerprint density at radius 3 is 2.59 bits per heavy atom. The summed E-state index contributed by atoms with van der Waals surface area (Å²) in [6, 6.07) is 11.7. The molecule has 1 aliphatic heterocycles. The van der Waals surface area contributed by atoms with Crippen molar-refractivity contribution in [1.82, 2.24) is 9.47 Å². The molecule has 148 valence electrons. The van der Waals surface area contributed by atoms with Gasteiger partial charge in [0.05, 0.1) is 28.5 Å². The average molecular weight is 416 g/mol. The minimum absolute atomic E-state index is 0.114. The Hall–Kier alpha value is -3.19. The van der Waals surface area contributed by atoms with Crippen molar-refractivity contribution in [2.45, 2.75) is 13.1 Å². The monoisotopic (exact) mass is 415 g/mol. The van der Waals surface area contributed by atoms with Crippen LogP contribution in [0.5, 0.6) is 0 Å². The summed E-state index contributed by atoms with van der Waals surface area (Å²) in [5, 5.41) is 2.72. The maximum Gasteiger partial charge on any atom is 0.322 e. The van der Waals surface area contributed by atoms with Gasteiger partial charge in [0.2, 0.25) is 0 Å². The van der Waals surface area contributed by atoms with Gasteiger partial charge in [0.25, 0.3) is 0 Å². The SMILES string of the molecule is O=Cc1c(Cl)c(-c2ccccc2)n2c1CN(C(=O)Nc1cc(F)ccc1F)CC2. The van der Waals surface area contributed by atoms with Crippen LogP contribution in [0.3, 0.4) is 0 Å². The molecule has 0 spiro atoms. The largest absolute Gasteiger partial charge is 0.339 e. The second-order valence-corrected chi connectivity index (χ2v) is 7.01. The van der Waals surface area contributed by atoms with Crippen LogP contribution >= 0.6 is 11.6 Å². The molecule has 0 saturated heterocycles. The summed E-state index contributed by atoms with van der Waals surface area (Å²) in [6.45, 7) is 0.842. The van der Waals surface area contributed by atoms with E-state index in [4.69, 9.17) is 11.6 Å². The number of carbonyl (C=O) groups excluding carboxylic acids is 2. The minimum atomic E-state index is -0.733. The number of aldehydes is 1. The molecule has 1 aliphatic rings. The second-order valence-electron chi connectivity index (χ2n) is 6.63. The Morgan fingerprint density at radius 1 is 1.10 bits per heavy atom. The Balaban J connectivity index is 1.64. The molecule has 1 N–H and O–H groups in total. The molecule has 1 aromatic heterocycles. The van der Waals surface area contributed by atoms with E-state index in [0.29, 0.717) is 35.7 Å². The van der Waals surface area contributed by atoms with Crippen LogP contribution < -0.4 is 5.32 Å². The van der Waals surface area contributed by atoms with E-state index in [1.54, 1.807) is 0 Å². The van der Waals surface area contributed by atoms with Crippen molar-refractivity contribution >= 4 is 29.6 Å². The predicted octanol–water partition coefficient (Wildman–Crippen LogP) is 4.95. The molecular formula is C21H16ClF2N3O2. The number of fused-ring (bicyclic) bond motifs is 1. The molecule has 0 atom stereocenters. The normalized spacial score (nSPS) is 13.1. The summed E-state index contributed by atoms with van der Waals surface area (Å²) in [4.78, 5) is 25.7.